The number of nitrogens with one attached hydrogen (secondary N) is 1. The number of ether oxygens (including phenoxy) is 2. The maximum absolute atomic E-state index is 12.5. The SMILES string of the molecule is COc1ccc(CCNC(=O)c2ccccc2N=C(N)N=C(N)N)cc1OC. The predicted molar refractivity (Wildman–Crippen MR) is 109 cm³/mol. The van der Waals surface area contributed by atoms with E-state index in [1.807, 2.05) is 18.2 Å². The van der Waals surface area contributed by atoms with Crippen molar-refractivity contribution in [2.24, 2.45) is 27.2 Å². The second kappa shape index (κ2) is 9.81. The number of para-hydroxylation sites is 1. The normalized spacial score (nSPS) is 10.9. The molecule has 9 heteroatoms. The van der Waals surface area contributed by atoms with Gasteiger partial charge in [-0.05, 0) is 36.2 Å². The molecule has 0 atom stereocenters. The molecule has 0 unspecified atom stereocenters. The summed E-state index contributed by atoms with van der Waals surface area (Å²) in [5.41, 5.74) is 17.9. The summed E-state index contributed by atoms with van der Waals surface area (Å²) < 4.78 is 10.5. The van der Waals surface area contributed by atoms with Crippen LogP contribution in [0.4, 0.5) is 5.69 Å². The number of nitrogens with zero attached hydrogens (tertiary/aromatic N) is 2. The fourth-order valence-electron chi connectivity index (χ4n) is 2.50. The molecule has 0 radical (unpaired) electrons. The van der Waals surface area contributed by atoms with Gasteiger partial charge in [-0.2, -0.15) is 4.99 Å². The predicted octanol–water partition coefficient (Wildman–Crippen LogP) is 0.896. The van der Waals surface area contributed by atoms with Gasteiger partial charge in [0.2, 0.25) is 5.96 Å². The van der Waals surface area contributed by atoms with Crippen molar-refractivity contribution >= 4 is 23.5 Å². The lowest BCUT2D eigenvalue weighted by molar-refractivity contribution is 0.0955. The molecule has 0 bridgehead atoms. The van der Waals surface area contributed by atoms with E-state index in [-0.39, 0.29) is 17.8 Å². The molecule has 7 N–H and O–H groups in total. The van der Waals surface area contributed by atoms with Crippen molar-refractivity contribution in [2.75, 3.05) is 20.8 Å². The molecule has 0 aliphatic heterocycles. The maximum atomic E-state index is 12.5. The largest absolute Gasteiger partial charge is 0.493 e. The van der Waals surface area contributed by atoms with Crippen LogP contribution >= 0.6 is 0 Å². The van der Waals surface area contributed by atoms with Crippen LogP contribution < -0.4 is 32.0 Å². The molecule has 9 nitrogen and oxygen atoms in total. The average molecular weight is 384 g/mol. The topological polar surface area (TPSA) is 150 Å². The van der Waals surface area contributed by atoms with Crippen LogP contribution in [0.15, 0.2) is 52.4 Å². The number of aliphatic imine (C=N–C) groups is 2. The van der Waals surface area contributed by atoms with E-state index < -0.39 is 0 Å². The summed E-state index contributed by atoms with van der Waals surface area (Å²) in [5, 5.41) is 2.86. The Morgan fingerprint density at radius 2 is 1.75 bits per heavy atom. The highest BCUT2D eigenvalue weighted by Gasteiger charge is 2.11. The third-order valence-electron chi connectivity index (χ3n) is 3.77. The highest BCUT2D eigenvalue weighted by molar-refractivity contribution is 6.01. The van der Waals surface area contributed by atoms with Gasteiger partial charge < -0.3 is 32.0 Å². The molecule has 2 aromatic rings. The molecule has 0 saturated carbocycles. The van der Waals surface area contributed by atoms with E-state index in [0.29, 0.717) is 35.7 Å². The smallest absolute Gasteiger partial charge is 0.253 e. The van der Waals surface area contributed by atoms with Crippen LogP contribution in [-0.2, 0) is 6.42 Å². The quantitative estimate of drug-likeness (QED) is 0.411. The van der Waals surface area contributed by atoms with Crippen LogP contribution in [-0.4, -0.2) is 38.6 Å². The first-order chi connectivity index (χ1) is 13.4. The number of benzene rings is 2. The van der Waals surface area contributed by atoms with Crippen LogP contribution in [0.3, 0.4) is 0 Å². The highest BCUT2D eigenvalue weighted by Crippen LogP contribution is 2.27. The molecule has 0 aromatic heterocycles. The van der Waals surface area contributed by atoms with Gasteiger partial charge in [-0.15, -0.1) is 0 Å². The molecule has 0 spiro atoms. The van der Waals surface area contributed by atoms with Crippen LogP contribution in [0, 0.1) is 0 Å². The number of guanidine groups is 2. The number of nitrogens with two attached hydrogens (primary N) is 3. The van der Waals surface area contributed by atoms with Crippen LogP contribution in [0.25, 0.3) is 0 Å². The van der Waals surface area contributed by atoms with Crippen LogP contribution in [0.2, 0.25) is 0 Å². The van der Waals surface area contributed by atoms with E-state index in [9.17, 15) is 4.79 Å². The molecular formula is C19H24N6O3. The third kappa shape index (κ3) is 5.63. The Kier molecular flexibility index (Phi) is 7.21. The summed E-state index contributed by atoms with van der Waals surface area (Å²) in [5.74, 6) is 0.669. The van der Waals surface area contributed by atoms with Crippen molar-refractivity contribution in [2.45, 2.75) is 6.42 Å². The molecule has 0 aliphatic carbocycles. The lowest BCUT2D eigenvalue weighted by Gasteiger charge is -2.10. The molecule has 0 saturated heterocycles. The Morgan fingerprint density at radius 3 is 2.43 bits per heavy atom. The Bertz CT molecular complexity index is 891. The summed E-state index contributed by atoms with van der Waals surface area (Å²) in [4.78, 5) is 20.3. The maximum Gasteiger partial charge on any atom is 0.253 e. The fraction of sp³-hybridized carbons (Fsp3) is 0.211. The second-order valence-corrected chi connectivity index (χ2v) is 5.72. The van der Waals surface area contributed by atoms with Gasteiger partial charge in [0, 0.05) is 6.54 Å². The minimum absolute atomic E-state index is 0.134. The lowest BCUT2D eigenvalue weighted by Crippen LogP contribution is -2.27. The molecule has 1 amide bonds. The summed E-state index contributed by atoms with van der Waals surface area (Å²) in [6, 6.07) is 12.4. The number of methoxy groups -OCH3 is 2. The first kappa shape index (κ1) is 20.6. The number of amides is 1. The van der Waals surface area contributed by atoms with Crippen molar-refractivity contribution in [3.8, 4) is 11.5 Å². The molecule has 2 rings (SSSR count). The summed E-state index contributed by atoms with van der Waals surface area (Å²) >= 11 is 0. The Morgan fingerprint density at radius 1 is 1.04 bits per heavy atom. The van der Waals surface area contributed by atoms with Gasteiger partial charge in [0.15, 0.2) is 17.5 Å². The molecule has 148 valence electrons. The zero-order valence-corrected chi connectivity index (χ0v) is 15.8. The van der Waals surface area contributed by atoms with Crippen LogP contribution in [0.1, 0.15) is 15.9 Å². The Balaban J connectivity index is 2.05. The molecule has 0 heterocycles. The van der Waals surface area contributed by atoms with E-state index in [4.69, 9.17) is 26.7 Å². The number of rotatable bonds is 7. The second-order valence-electron chi connectivity index (χ2n) is 5.72. The molecule has 0 aliphatic rings. The van der Waals surface area contributed by atoms with E-state index in [1.54, 1.807) is 38.5 Å². The third-order valence-corrected chi connectivity index (χ3v) is 3.77. The summed E-state index contributed by atoms with van der Waals surface area (Å²) in [6.45, 7) is 0.426. The number of carbonyl (C=O) groups is 1. The van der Waals surface area contributed by atoms with E-state index in [1.165, 1.54) is 0 Å². The van der Waals surface area contributed by atoms with Crippen molar-refractivity contribution in [3.05, 3.63) is 53.6 Å². The van der Waals surface area contributed by atoms with E-state index in [0.717, 1.165) is 5.56 Å². The fourth-order valence-corrected chi connectivity index (χ4v) is 2.50. The highest BCUT2D eigenvalue weighted by atomic mass is 16.5. The van der Waals surface area contributed by atoms with Gasteiger partial charge >= 0.3 is 0 Å². The summed E-state index contributed by atoms with van der Waals surface area (Å²) in [6.07, 6.45) is 0.619. The van der Waals surface area contributed by atoms with Crippen molar-refractivity contribution < 1.29 is 14.3 Å². The van der Waals surface area contributed by atoms with Gasteiger partial charge in [0.1, 0.15) is 0 Å². The average Bonchev–Trinajstić information content (AvgIpc) is 2.67. The first-order valence-corrected chi connectivity index (χ1v) is 8.46. The molecule has 2 aromatic carbocycles. The van der Waals surface area contributed by atoms with Crippen LogP contribution in [0.5, 0.6) is 11.5 Å². The zero-order valence-electron chi connectivity index (χ0n) is 15.8. The Hall–Kier alpha value is -3.75. The minimum atomic E-state index is -0.280. The van der Waals surface area contributed by atoms with Gasteiger partial charge in [-0.3, -0.25) is 4.79 Å². The van der Waals surface area contributed by atoms with Gasteiger partial charge in [-0.1, -0.05) is 18.2 Å². The monoisotopic (exact) mass is 384 g/mol. The van der Waals surface area contributed by atoms with E-state index >= 15 is 0 Å². The molecule has 0 fully saturated rings. The molecule has 28 heavy (non-hydrogen) atoms. The van der Waals surface area contributed by atoms with Gasteiger partial charge in [-0.25, -0.2) is 4.99 Å². The zero-order chi connectivity index (χ0) is 20.5. The first-order valence-electron chi connectivity index (χ1n) is 8.46. The summed E-state index contributed by atoms with van der Waals surface area (Å²) in [7, 11) is 3.16. The Labute approximate surface area is 163 Å². The number of hydrogen-bond acceptors (Lipinski definition) is 4. The van der Waals surface area contributed by atoms with Crippen molar-refractivity contribution in [1.82, 2.24) is 5.32 Å². The van der Waals surface area contributed by atoms with Gasteiger partial charge in [0.25, 0.3) is 5.91 Å². The minimum Gasteiger partial charge on any atom is -0.493 e. The number of hydrogen-bond donors (Lipinski definition) is 4. The van der Waals surface area contributed by atoms with Gasteiger partial charge in [0.05, 0.1) is 25.5 Å². The standard InChI is InChI=1S/C19H24N6O3/c1-27-15-8-7-12(11-16(15)28-2)9-10-23-17(26)13-5-3-4-6-14(13)24-19(22)25-18(20)21/h3-8,11H,9-10H2,1-2H3,(H,23,26)(H6,20,21,22,24,25). The lowest BCUT2D eigenvalue weighted by atomic mass is 10.1. The number of carbonyl (C=O) groups excluding carboxylic acids is 1. The molecular weight excluding hydrogens is 360 g/mol. The van der Waals surface area contributed by atoms with Crippen molar-refractivity contribution in [1.29, 1.82) is 0 Å². The van der Waals surface area contributed by atoms with E-state index in [2.05, 4.69) is 15.3 Å². The van der Waals surface area contributed by atoms with Crippen molar-refractivity contribution in [3.63, 3.8) is 0 Å².